The number of hydrogen-bond donors (Lipinski definition) is 2. The van der Waals surface area contributed by atoms with E-state index in [2.05, 4.69) is 20.9 Å². The van der Waals surface area contributed by atoms with Crippen molar-refractivity contribution in [1.82, 2.24) is 34.5 Å². The Hall–Kier alpha value is -5.73. The molecule has 4 aromatic carbocycles. The van der Waals surface area contributed by atoms with E-state index in [-0.39, 0.29) is 31.3 Å². The molecule has 5 aromatic rings. The lowest BCUT2D eigenvalue weighted by atomic mass is 9.83. The number of aliphatic hydroxyl groups excluding tert-OH is 1. The predicted molar refractivity (Wildman–Crippen MR) is 259 cm³/mol. The van der Waals surface area contributed by atoms with Crippen LogP contribution in [0.25, 0.3) is 11.3 Å². The Balaban J connectivity index is 1.10. The molecule has 13 nitrogen and oxygen atoms in total. The van der Waals surface area contributed by atoms with Crippen LogP contribution in [0.5, 0.6) is 11.5 Å². The number of ether oxygens (including phenoxy) is 1. The predicted octanol–water partition coefficient (Wildman–Crippen LogP) is 7.25. The van der Waals surface area contributed by atoms with E-state index in [0.29, 0.717) is 39.9 Å². The number of aliphatic hydroxyl groups is 1. The summed E-state index contributed by atoms with van der Waals surface area (Å²) in [5.74, 6) is -0.973. The van der Waals surface area contributed by atoms with E-state index in [1.165, 1.54) is 22.6 Å². The molecule has 3 heterocycles. The van der Waals surface area contributed by atoms with E-state index in [4.69, 9.17) is 32.9 Å². The van der Waals surface area contributed by atoms with Crippen LogP contribution in [0.2, 0.25) is 10.0 Å². The van der Waals surface area contributed by atoms with E-state index in [1.54, 1.807) is 56.3 Å². The van der Waals surface area contributed by atoms with Gasteiger partial charge in [0.25, 0.3) is 0 Å². The summed E-state index contributed by atoms with van der Waals surface area (Å²) < 4.78 is 8.62. The van der Waals surface area contributed by atoms with Crippen molar-refractivity contribution < 1.29 is 29.0 Å². The van der Waals surface area contributed by atoms with Gasteiger partial charge in [-0.1, -0.05) is 65.7 Å². The van der Waals surface area contributed by atoms with Gasteiger partial charge >= 0.3 is 0 Å². The quantitative estimate of drug-likeness (QED) is 0.141. The molecule has 2 aliphatic heterocycles. The second-order valence-electron chi connectivity index (χ2n) is 18.2. The van der Waals surface area contributed by atoms with Crippen LogP contribution in [0.3, 0.4) is 0 Å². The Morgan fingerprint density at radius 2 is 1.55 bits per heavy atom. The number of aromatic nitrogens is 2. The van der Waals surface area contributed by atoms with Gasteiger partial charge in [0.2, 0.25) is 23.6 Å². The molecule has 2 fully saturated rings. The number of likely N-dealkylation sites (tertiary alicyclic amines) is 1. The molecule has 0 spiro atoms. The Morgan fingerprint density at radius 1 is 0.836 bits per heavy atom. The monoisotopic (exact) mass is 947 g/mol. The highest BCUT2D eigenvalue weighted by Gasteiger charge is 2.41. The number of amides is 4. The number of nitrogens with zero attached hydrogens (tertiary/aromatic N) is 6. The van der Waals surface area contributed by atoms with Crippen molar-refractivity contribution in [1.29, 1.82) is 0 Å². The minimum Gasteiger partial charge on any atom is -0.457 e. The lowest BCUT2D eigenvalue weighted by Crippen LogP contribution is -2.58. The third-order valence-electron chi connectivity index (χ3n) is 13.9. The third-order valence-corrected chi connectivity index (χ3v) is 14.4. The summed E-state index contributed by atoms with van der Waals surface area (Å²) in [5.41, 5.74) is 5.57. The third kappa shape index (κ3) is 10.9. The molecule has 1 aliphatic carbocycles. The van der Waals surface area contributed by atoms with Crippen LogP contribution in [0.4, 0.5) is 0 Å². The lowest BCUT2D eigenvalue weighted by molar-refractivity contribution is -0.148. The zero-order valence-electron chi connectivity index (χ0n) is 38.5. The highest BCUT2D eigenvalue weighted by molar-refractivity contribution is 6.31. The SMILES string of the molecule is C[C@H]1C(=O)N[C@@H](CO)C(=O)N(C)C(Cc2ccc(Cl)cc2)CN(C)C(=O)[C@H]([C@H]2CCc3ccccc32)CC(=O)N1Cc1ccc(Cl)cc1Oc1ccc(-c2cnc(CN3CCCC3)n2C)cc1. The van der Waals surface area contributed by atoms with E-state index in [1.807, 2.05) is 67.8 Å². The molecule has 4 amide bonds. The van der Waals surface area contributed by atoms with Crippen molar-refractivity contribution in [2.45, 2.75) is 82.6 Å². The number of carbonyl (C=O) groups is 4. The van der Waals surface area contributed by atoms with Crippen LogP contribution in [-0.4, -0.2) is 116 Å². The molecule has 1 aromatic heterocycles. The fourth-order valence-electron chi connectivity index (χ4n) is 9.87. The number of imidazole rings is 1. The number of fused-ring (bicyclic) bond motifs is 1. The van der Waals surface area contributed by atoms with Crippen molar-refractivity contribution in [3.63, 3.8) is 0 Å². The van der Waals surface area contributed by atoms with Gasteiger partial charge in [-0.25, -0.2) is 4.98 Å². The number of likely N-dealkylation sites (N-methyl/N-ethyl adjacent to an activating group) is 2. The molecular weight excluding hydrogens is 890 g/mol. The summed E-state index contributed by atoms with van der Waals surface area (Å²) in [6.07, 6.45) is 5.93. The van der Waals surface area contributed by atoms with Crippen LogP contribution >= 0.6 is 23.2 Å². The van der Waals surface area contributed by atoms with Crippen molar-refractivity contribution in [2.24, 2.45) is 13.0 Å². The first-order chi connectivity index (χ1) is 32.3. The van der Waals surface area contributed by atoms with Gasteiger partial charge in [-0.05, 0) is 123 Å². The van der Waals surface area contributed by atoms with Gasteiger partial charge in [0.05, 0.1) is 43.5 Å². The Bertz CT molecular complexity index is 2580. The van der Waals surface area contributed by atoms with Gasteiger partial charge in [0.1, 0.15) is 29.4 Å². The minimum absolute atomic E-state index is 0.0916. The molecule has 8 rings (SSSR count). The highest BCUT2D eigenvalue weighted by Crippen LogP contribution is 2.41. The largest absolute Gasteiger partial charge is 0.457 e. The first-order valence-corrected chi connectivity index (χ1v) is 23.9. The molecule has 0 saturated carbocycles. The Kier molecular flexibility index (Phi) is 15.0. The van der Waals surface area contributed by atoms with Gasteiger partial charge in [0, 0.05) is 55.3 Å². The Labute approximate surface area is 402 Å². The first-order valence-electron chi connectivity index (χ1n) is 23.1. The standard InChI is InChI=1S/C52H59Cl2N7O6/c1-33-50(64)56-45(32-62)52(66)58(3)40(25-34-11-17-38(53)18-12-34)30-57(2)51(65)44(43-22-16-35-9-5-6-10-42(35)43)27-49(63)61(33)29-37-13-19-39(54)26-47(37)67-41-20-14-36(15-21-41)46-28-55-48(59(46)4)31-60-23-7-8-24-60/h5-6,9-15,17-21,26,28,33,40,43-45,62H,7-8,16,22-25,27,29-32H2,1-4H3,(H,56,64)/t33-,40?,43-,44-,45-/m0/s1. The molecule has 5 atom stereocenters. The maximum Gasteiger partial charge on any atom is 0.247 e. The first kappa shape index (κ1) is 47.8. The van der Waals surface area contributed by atoms with Gasteiger partial charge < -0.3 is 34.4 Å². The van der Waals surface area contributed by atoms with Gasteiger partial charge in [-0.3, -0.25) is 24.1 Å². The highest BCUT2D eigenvalue weighted by atomic mass is 35.5. The molecule has 15 heteroatoms. The van der Waals surface area contributed by atoms with Crippen molar-refractivity contribution in [2.75, 3.05) is 40.3 Å². The molecule has 0 bridgehead atoms. The summed E-state index contributed by atoms with van der Waals surface area (Å²) in [4.78, 5) is 70.3. The molecule has 67 heavy (non-hydrogen) atoms. The summed E-state index contributed by atoms with van der Waals surface area (Å²) >= 11 is 12.8. The number of nitrogens with one attached hydrogen (secondary N) is 1. The van der Waals surface area contributed by atoms with Gasteiger partial charge in [0.15, 0.2) is 0 Å². The number of rotatable bonds is 11. The van der Waals surface area contributed by atoms with E-state index in [9.17, 15) is 19.5 Å². The van der Waals surface area contributed by atoms with Gasteiger partial charge in [-0.2, -0.15) is 0 Å². The summed E-state index contributed by atoms with van der Waals surface area (Å²) in [6, 6.07) is 25.1. The number of carbonyl (C=O) groups excluding carboxylic acids is 4. The molecule has 2 saturated heterocycles. The van der Waals surface area contributed by atoms with Crippen molar-refractivity contribution >= 4 is 46.8 Å². The van der Waals surface area contributed by atoms with Crippen LogP contribution in [0.1, 0.15) is 66.6 Å². The fourth-order valence-corrected chi connectivity index (χ4v) is 10.2. The second-order valence-corrected chi connectivity index (χ2v) is 19.1. The zero-order chi connectivity index (χ0) is 47.4. The Morgan fingerprint density at radius 3 is 2.28 bits per heavy atom. The average Bonchev–Trinajstić information content (AvgIpc) is 4.10. The molecule has 352 valence electrons. The molecule has 3 aliphatic rings. The zero-order valence-corrected chi connectivity index (χ0v) is 40.0. The van der Waals surface area contributed by atoms with Crippen LogP contribution in [0, 0.1) is 5.92 Å². The molecule has 2 N–H and O–H groups in total. The van der Waals surface area contributed by atoms with Crippen LogP contribution in [0.15, 0.2) is 97.2 Å². The van der Waals surface area contributed by atoms with Crippen molar-refractivity contribution in [3.8, 4) is 22.8 Å². The molecular formula is C52H59Cl2N7O6. The topological polar surface area (TPSA) is 141 Å². The fraction of sp³-hybridized carbons (Fsp3) is 0.404. The second kappa shape index (κ2) is 21.1. The lowest BCUT2D eigenvalue weighted by Gasteiger charge is -2.38. The minimum atomic E-state index is -1.32. The van der Waals surface area contributed by atoms with E-state index >= 15 is 4.79 Å². The number of hydrogen-bond acceptors (Lipinski definition) is 8. The van der Waals surface area contributed by atoms with E-state index < -0.39 is 48.4 Å². The summed E-state index contributed by atoms with van der Waals surface area (Å²) in [5, 5.41) is 14.3. The molecule has 0 radical (unpaired) electrons. The van der Waals surface area contributed by atoms with Gasteiger partial charge in [-0.15, -0.1) is 0 Å². The number of benzene rings is 4. The number of halogens is 2. The maximum atomic E-state index is 15.1. The smallest absolute Gasteiger partial charge is 0.247 e. The summed E-state index contributed by atoms with van der Waals surface area (Å²) in [6.45, 7) is 3.91. The number of aryl methyl sites for hydroxylation is 1. The van der Waals surface area contributed by atoms with Crippen LogP contribution < -0.4 is 10.1 Å². The van der Waals surface area contributed by atoms with E-state index in [0.717, 1.165) is 59.8 Å². The summed E-state index contributed by atoms with van der Waals surface area (Å²) in [7, 11) is 5.36. The normalized spacial score (nSPS) is 22.3. The maximum absolute atomic E-state index is 15.1. The van der Waals surface area contributed by atoms with Crippen molar-refractivity contribution in [3.05, 3.63) is 135 Å². The van der Waals surface area contributed by atoms with Crippen LogP contribution in [-0.2, 0) is 52.2 Å². The molecule has 1 unspecified atom stereocenters. The average molecular weight is 949 g/mol.